The van der Waals surface area contributed by atoms with Crippen LogP contribution in [0.25, 0.3) is 0 Å². The van der Waals surface area contributed by atoms with Crippen molar-refractivity contribution in [2.24, 2.45) is 28.6 Å². The fraction of sp³-hybridized carbons (Fsp3) is 0.579. The molecule has 1 aliphatic rings. The van der Waals surface area contributed by atoms with E-state index in [0.717, 1.165) is 12.5 Å². The van der Waals surface area contributed by atoms with Crippen molar-refractivity contribution in [2.45, 2.75) is 46.5 Å². The molecular weight excluding hydrogens is 330 g/mol. The number of aliphatic carboxylic acids is 1. The maximum atomic E-state index is 10.7. The van der Waals surface area contributed by atoms with Gasteiger partial charge in [0.2, 0.25) is 0 Å². The summed E-state index contributed by atoms with van der Waals surface area (Å²) >= 11 is 0. The van der Waals surface area contributed by atoms with Crippen molar-refractivity contribution >= 4 is 11.8 Å². The van der Waals surface area contributed by atoms with Gasteiger partial charge in [0.15, 0.2) is 0 Å². The highest BCUT2D eigenvalue weighted by atomic mass is 16.4. The summed E-state index contributed by atoms with van der Waals surface area (Å²) < 4.78 is 0. The summed E-state index contributed by atoms with van der Waals surface area (Å²) in [6, 6.07) is 6.80. The Hall–Kier alpha value is -2.12. The Morgan fingerprint density at radius 3 is 2.54 bits per heavy atom. The third-order valence-corrected chi connectivity index (χ3v) is 4.78. The van der Waals surface area contributed by atoms with Gasteiger partial charge in [-0.05, 0) is 49.8 Å². The third kappa shape index (κ3) is 6.65. The van der Waals surface area contributed by atoms with E-state index in [1.165, 1.54) is 29.7 Å². The van der Waals surface area contributed by atoms with Crippen LogP contribution in [0.4, 0.5) is 0 Å². The Labute approximate surface area is 156 Å². The molecule has 0 bridgehead atoms. The number of hydrogen-bond donors (Lipinski definition) is 5. The molecule has 1 aromatic rings. The van der Waals surface area contributed by atoms with Gasteiger partial charge in [-0.25, -0.2) is 5.84 Å². The van der Waals surface area contributed by atoms with Crippen LogP contribution in [-0.4, -0.2) is 30.0 Å². The molecule has 7 N–H and O–H groups in total. The quantitative estimate of drug-likeness (QED) is 0.235. The first-order valence-electron chi connectivity index (χ1n) is 9.04. The Kier molecular flexibility index (Phi) is 9.09. The van der Waals surface area contributed by atoms with Crippen LogP contribution in [0.5, 0.6) is 0 Å². The smallest absolute Gasteiger partial charge is 0.307 e. The molecule has 2 atom stereocenters. The molecule has 2 rings (SSSR count). The summed E-state index contributed by atoms with van der Waals surface area (Å²) in [6.07, 6.45) is 1.52. The second-order valence-electron chi connectivity index (χ2n) is 7.16. The van der Waals surface area contributed by atoms with Crippen LogP contribution in [0.15, 0.2) is 23.3 Å². The molecule has 7 heteroatoms. The van der Waals surface area contributed by atoms with Crippen LogP contribution >= 0.6 is 0 Å². The molecule has 1 saturated heterocycles. The van der Waals surface area contributed by atoms with Crippen LogP contribution in [0.1, 0.15) is 49.3 Å². The van der Waals surface area contributed by atoms with E-state index < -0.39 is 11.9 Å². The highest BCUT2D eigenvalue weighted by Gasteiger charge is 2.23. The predicted octanol–water partition coefficient (Wildman–Crippen LogP) is 1.85. The average Bonchev–Trinajstić information content (AvgIpc) is 3.10. The lowest BCUT2D eigenvalue weighted by Crippen LogP contribution is -2.35. The predicted molar refractivity (Wildman–Crippen MR) is 106 cm³/mol. The van der Waals surface area contributed by atoms with Crippen LogP contribution < -0.4 is 22.4 Å². The number of amidine groups is 1. The van der Waals surface area contributed by atoms with E-state index in [0.29, 0.717) is 5.84 Å². The highest BCUT2D eigenvalue weighted by Crippen LogP contribution is 2.25. The molecule has 0 aliphatic carbocycles. The number of benzene rings is 1. The zero-order valence-electron chi connectivity index (χ0n) is 16.2. The maximum absolute atomic E-state index is 10.7. The van der Waals surface area contributed by atoms with Gasteiger partial charge in [0.25, 0.3) is 0 Å². The summed E-state index contributed by atoms with van der Waals surface area (Å²) in [6.45, 7) is 10.4. The lowest BCUT2D eigenvalue weighted by atomic mass is 9.92. The summed E-state index contributed by atoms with van der Waals surface area (Å²) in [4.78, 5) is 10.7. The number of carboxylic acid groups (broad SMARTS) is 1. The monoisotopic (exact) mass is 363 g/mol. The Morgan fingerprint density at radius 2 is 2.12 bits per heavy atom. The zero-order valence-corrected chi connectivity index (χ0v) is 16.2. The molecule has 1 aromatic carbocycles. The number of nitrogens with zero attached hydrogens (tertiary/aromatic N) is 1. The van der Waals surface area contributed by atoms with Crippen molar-refractivity contribution in [1.82, 2.24) is 10.7 Å². The van der Waals surface area contributed by atoms with E-state index in [1.807, 2.05) is 13.8 Å². The lowest BCUT2D eigenvalue weighted by Gasteiger charge is -2.16. The molecule has 0 radical (unpaired) electrons. The minimum absolute atomic E-state index is 0.0163. The average molecular weight is 364 g/mol. The first-order valence-corrected chi connectivity index (χ1v) is 9.04. The molecule has 1 aliphatic heterocycles. The largest absolute Gasteiger partial charge is 0.481 e. The van der Waals surface area contributed by atoms with E-state index >= 15 is 0 Å². The van der Waals surface area contributed by atoms with Gasteiger partial charge in [0.05, 0.1) is 5.92 Å². The number of nitrogens with one attached hydrogen (secondary N) is 2. The number of hydrazone groups is 1. The second kappa shape index (κ2) is 10.8. The van der Waals surface area contributed by atoms with Gasteiger partial charge >= 0.3 is 5.97 Å². The fourth-order valence-electron chi connectivity index (χ4n) is 3.17. The van der Waals surface area contributed by atoms with Crippen molar-refractivity contribution < 1.29 is 9.90 Å². The summed E-state index contributed by atoms with van der Waals surface area (Å²) in [5.74, 6) is 9.74. The van der Waals surface area contributed by atoms with Crippen molar-refractivity contribution in [1.29, 1.82) is 0 Å². The normalized spacial score (nSPS) is 18.2. The Morgan fingerprint density at radius 1 is 1.42 bits per heavy atom. The molecule has 146 valence electrons. The van der Waals surface area contributed by atoms with E-state index in [1.54, 1.807) is 0 Å². The Balaban J connectivity index is 0.000000260. The summed E-state index contributed by atoms with van der Waals surface area (Å²) in [5, 5.41) is 15.6. The van der Waals surface area contributed by atoms with Gasteiger partial charge in [0.1, 0.15) is 5.84 Å². The van der Waals surface area contributed by atoms with Crippen molar-refractivity contribution in [2.75, 3.05) is 13.1 Å². The van der Waals surface area contributed by atoms with Crippen LogP contribution in [0, 0.1) is 25.7 Å². The summed E-state index contributed by atoms with van der Waals surface area (Å²) in [7, 11) is 0. The van der Waals surface area contributed by atoms with E-state index in [4.69, 9.17) is 16.8 Å². The highest BCUT2D eigenvalue weighted by molar-refractivity contribution is 5.85. The molecule has 7 nitrogen and oxygen atoms in total. The molecule has 0 saturated carbocycles. The van der Waals surface area contributed by atoms with Gasteiger partial charge in [-0.3, -0.25) is 4.79 Å². The van der Waals surface area contributed by atoms with Crippen molar-refractivity contribution in [3.05, 3.63) is 34.9 Å². The van der Waals surface area contributed by atoms with Gasteiger partial charge in [-0.2, -0.15) is 5.10 Å². The Bertz CT molecular complexity index is 610. The van der Waals surface area contributed by atoms with Gasteiger partial charge < -0.3 is 21.7 Å². The minimum Gasteiger partial charge on any atom is -0.481 e. The standard InChI is InChI=1S/C12H17N.C7H16N4O2/c1-9-3-4-12(10(2)7-9)11-5-6-13-8-11;1-4(2)5(7(12)13)3-6(10-8)11-9/h3-4,7,11,13H,5-6,8H2,1-2H3;4-5H,3,8-9H2,1-2H3,(H,10,11)(H,12,13). The first kappa shape index (κ1) is 21.9. The molecule has 2 unspecified atom stereocenters. The van der Waals surface area contributed by atoms with Gasteiger partial charge in [-0.1, -0.05) is 37.6 Å². The number of carbonyl (C=O) groups is 1. The first-order chi connectivity index (χ1) is 12.3. The molecule has 0 aromatic heterocycles. The SMILES string of the molecule is CC(C)C(C/C(=N/N)NN)C(=O)O.Cc1ccc(C2CCNC2)c(C)c1. The van der Waals surface area contributed by atoms with Crippen molar-refractivity contribution in [3.8, 4) is 0 Å². The molecular formula is C19H33N5O2. The van der Waals surface area contributed by atoms with E-state index in [9.17, 15) is 4.79 Å². The molecule has 1 fully saturated rings. The van der Waals surface area contributed by atoms with E-state index in [-0.39, 0.29) is 12.3 Å². The van der Waals surface area contributed by atoms with Crippen molar-refractivity contribution in [3.63, 3.8) is 0 Å². The lowest BCUT2D eigenvalue weighted by molar-refractivity contribution is -0.142. The maximum Gasteiger partial charge on any atom is 0.307 e. The van der Waals surface area contributed by atoms with Crippen LogP contribution in [-0.2, 0) is 4.79 Å². The zero-order chi connectivity index (χ0) is 19.7. The summed E-state index contributed by atoms with van der Waals surface area (Å²) in [5.41, 5.74) is 6.61. The number of rotatable bonds is 5. The number of hydrazine groups is 1. The van der Waals surface area contributed by atoms with E-state index in [2.05, 4.69) is 47.9 Å². The van der Waals surface area contributed by atoms with Crippen LogP contribution in [0.2, 0.25) is 0 Å². The topological polar surface area (TPSA) is 126 Å². The van der Waals surface area contributed by atoms with Gasteiger partial charge in [-0.15, -0.1) is 0 Å². The fourth-order valence-corrected chi connectivity index (χ4v) is 3.17. The minimum atomic E-state index is -0.869. The number of nitrogens with two attached hydrogens (primary N) is 2. The third-order valence-electron chi connectivity index (χ3n) is 4.78. The second-order valence-corrected chi connectivity index (χ2v) is 7.16. The molecule has 26 heavy (non-hydrogen) atoms. The number of aryl methyl sites for hydroxylation is 2. The molecule has 1 heterocycles. The molecule has 0 spiro atoms. The van der Waals surface area contributed by atoms with Gasteiger partial charge in [0, 0.05) is 13.0 Å². The molecule has 0 amide bonds. The van der Waals surface area contributed by atoms with Crippen LogP contribution in [0.3, 0.4) is 0 Å². The number of carboxylic acids is 1. The number of hydrogen-bond acceptors (Lipinski definition) is 5.